The standard InChI is InChI=1S/C12H21NO3S/c1-2-3-9-8-12(5-6-16-9)13-10(11(14)15)4-7-17-12/h9-10,13H,2-8H2,1H3,(H,14,15). The van der Waals surface area contributed by atoms with Gasteiger partial charge in [0.1, 0.15) is 6.04 Å². The third-order valence-electron chi connectivity index (χ3n) is 3.55. The number of carboxylic acids is 1. The molecule has 0 aromatic carbocycles. The normalized spacial score (nSPS) is 38.2. The Hall–Kier alpha value is -0.260. The fourth-order valence-electron chi connectivity index (χ4n) is 2.68. The van der Waals surface area contributed by atoms with Gasteiger partial charge in [-0.15, -0.1) is 11.8 Å². The number of carboxylic acid groups (broad SMARTS) is 1. The number of thioether (sulfide) groups is 1. The second kappa shape index (κ2) is 5.59. The van der Waals surface area contributed by atoms with E-state index in [-0.39, 0.29) is 10.9 Å². The largest absolute Gasteiger partial charge is 0.480 e. The molecule has 0 aliphatic carbocycles. The lowest BCUT2D eigenvalue weighted by Crippen LogP contribution is -2.58. The molecule has 98 valence electrons. The molecule has 2 fully saturated rings. The van der Waals surface area contributed by atoms with E-state index in [4.69, 9.17) is 9.84 Å². The number of nitrogens with one attached hydrogen (secondary N) is 1. The van der Waals surface area contributed by atoms with E-state index in [1.807, 2.05) is 11.8 Å². The van der Waals surface area contributed by atoms with Gasteiger partial charge in [-0.3, -0.25) is 10.1 Å². The van der Waals surface area contributed by atoms with E-state index in [1.165, 1.54) is 0 Å². The highest BCUT2D eigenvalue weighted by atomic mass is 32.2. The highest BCUT2D eigenvalue weighted by Crippen LogP contribution is 2.40. The lowest BCUT2D eigenvalue weighted by molar-refractivity contribution is -0.140. The minimum absolute atomic E-state index is 0.0562. The number of aliphatic carboxylic acids is 1. The molecule has 2 rings (SSSR count). The Morgan fingerprint density at radius 3 is 3.18 bits per heavy atom. The van der Waals surface area contributed by atoms with E-state index in [0.29, 0.717) is 6.10 Å². The Bertz CT molecular complexity index is 281. The summed E-state index contributed by atoms with van der Waals surface area (Å²) in [4.78, 5) is 11.0. The first-order valence-electron chi connectivity index (χ1n) is 6.41. The number of rotatable bonds is 3. The molecule has 4 nitrogen and oxygen atoms in total. The zero-order chi connectivity index (χ0) is 12.3. The van der Waals surface area contributed by atoms with Gasteiger partial charge in [-0.05, 0) is 25.0 Å². The average Bonchev–Trinajstić information content (AvgIpc) is 2.29. The molecule has 2 aliphatic rings. The fourth-order valence-corrected chi connectivity index (χ4v) is 4.18. The van der Waals surface area contributed by atoms with Gasteiger partial charge in [-0.2, -0.15) is 0 Å². The smallest absolute Gasteiger partial charge is 0.320 e. The van der Waals surface area contributed by atoms with Crippen LogP contribution in [0.5, 0.6) is 0 Å². The Morgan fingerprint density at radius 1 is 1.65 bits per heavy atom. The molecule has 0 bridgehead atoms. The van der Waals surface area contributed by atoms with E-state index in [2.05, 4.69) is 12.2 Å². The SMILES string of the molecule is CCCC1CC2(CCO1)NC(C(=O)O)CCS2. The van der Waals surface area contributed by atoms with Crippen LogP contribution in [0.4, 0.5) is 0 Å². The van der Waals surface area contributed by atoms with Crippen LogP contribution in [-0.2, 0) is 9.53 Å². The van der Waals surface area contributed by atoms with Crippen molar-refractivity contribution in [1.82, 2.24) is 5.32 Å². The predicted octanol–water partition coefficient (Wildman–Crippen LogP) is 1.84. The minimum Gasteiger partial charge on any atom is -0.480 e. The van der Waals surface area contributed by atoms with Crippen LogP contribution in [-0.4, -0.2) is 40.5 Å². The molecule has 0 aromatic heterocycles. The molecule has 3 unspecified atom stereocenters. The number of hydrogen-bond donors (Lipinski definition) is 2. The van der Waals surface area contributed by atoms with E-state index in [1.54, 1.807) is 0 Å². The van der Waals surface area contributed by atoms with Gasteiger partial charge in [0.05, 0.1) is 11.0 Å². The van der Waals surface area contributed by atoms with Crippen LogP contribution in [0.1, 0.15) is 39.0 Å². The van der Waals surface area contributed by atoms with Gasteiger partial charge < -0.3 is 9.84 Å². The highest BCUT2D eigenvalue weighted by Gasteiger charge is 2.42. The van der Waals surface area contributed by atoms with Gasteiger partial charge in [0.2, 0.25) is 0 Å². The Labute approximate surface area is 106 Å². The summed E-state index contributed by atoms with van der Waals surface area (Å²) in [6, 6.07) is -0.378. The molecule has 0 aromatic rings. The summed E-state index contributed by atoms with van der Waals surface area (Å²) in [6.45, 7) is 2.91. The van der Waals surface area contributed by atoms with Crippen LogP contribution < -0.4 is 5.32 Å². The molecule has 0 radical (unpaired) electrons. The maximum absolute atomic E-state index is 11.1. The lowest BCUT2D eigenvalue weighted by Gasteiger charge is -2.45. The molecule has 2 saturated heterocycles. The van der Waals surface area contributed by atoms with Crippen molar-refractivity contribution in [3.05, 3.63) is 0 Å². The molecule has 5 heteroatoms. The maximum Gasteiger partial charge on any atom is 0.320 e. The van der Waals surface area contributed by atoms with Crippen LogP contribution in [0.15, 0.2) is 0 Å². The Balaban J connectivity index is 1.99. The molecule has 3 atom stereocenters. The van der Waals surface area contributed by atoms with Crippen molar-refractivity contribution in [3.8, 4) is 0 Å². The van der Waals surface area contributed by atoms with Crippen molar-refractivity contribution in [3.63, 3.8) is 0 Å². The molecule has 17 heavy (non-hydrogen) atoms. The quantitative estimate of drug-likeness (QED) is 0.810. The van der Waals surface area contributed by atoms with Gasteiger partial charge in [-0.1, -0.05) is 13.3 Å². The first kappa shape index (κ1) is 13.2. The van der Waals surface area contributed by atoms with Crippen LogP contribution in [0.25, 0.3) is 0 Å². The lowest BCUT2D eigenvalue weighted by atomic mass is 9.97. The van der Waals surface area contributed by atoms with Crippen LogP contribution >= 0.6 is 11.8 Å². The monoisotopic (exact) mass is 259 g/mol. The summed E-state index contributed by atoms with van der Waals surface area (Å²) in [5.74, 6) is 0.214. The van der Waals surface area contributed by atoms with Crippen molar-refractivity contribution in [1.29, 1.82) is 0 Å². The zero-order valence-corrected chi connectivity index (χ0v) is 11.1. The van der Waals surface area contributed by atoms with Gasteiger partial charge in [-0.25, -0.2) is 0 Å². The molecule has 2 aliphatic heterocycles. The number of carbonyl (C=O) groups is 1. The minimum atomic E-state index is -0.719. The van der Waals surface area contributed by atoms with Crippen LogP contribution in [0.2, 0.25) is 0 Å². The molecule has 2 heterocycles. The van der Waals surface area contributed by atoms with Crippen molar-refractivity contribution < 1.29 is 14.6 Å². The van der Waals surface area contributed by atoms with Gasteiger partial charge >= 0.3 is 5.97 Å². The third-order valence-corrected chi connectivity index (χ3v) is 5.03. The molecule has 1 spiro atoms. The molecule has 0 amide bonds. The van der Waals surface area contributed by atoms with Crippen LogP contribution in [0, 0.1) is 0 Å². The second-order valence-corrected chi connectivity index (χ2v) is 6.38. The average molecular weight is 259 g/mol. The molecule has 0 saturated carbocycles. The van der Waals surface area contributed by atoms with Crippen molar-refractivity contribution in [2.24, 2.45) is 0 Å². The van der Waals surface area contributed by atoms with Crippen molar-refractivity contribution in [2.45, 2.75) is 56.0 Å². The van der Waals surface area contributed by atoms with E-state index >= 15 is 0 Å². The summed E-state index contributed by atoms with van der Waals surface area (Å²) >= 11 is 1.88. The summed E-state index contributed by atoms with van der Waals surface area (Å²) in [5.41, 5.74) is 0. The summed E-state index contributed by atoms with van der Waals surface area (Å²) < 4.78 is 5.74. The molecule has 2 N–H and O–H groups in total. The van der Waals surface area contributed by atoms with Gasteiger partial charge in [0, 0.05) is 13.0 Å². The highest BCUT2D eigenvalue weighted by molar-refractivity contribution is 8.00. The van der Waals surface area contributed by atoms with Crippen molar-refractivity contribution >= 4 is 17.7 Å². The maximum atomic E-state index is 11.1. The molecular weight excluding hydrogens is 238 g/mol. The first-order valence-corrected chi connectivity index (χ1v) is 7.40. The van der Waals surface area contributed by atoms with Gasteiger partial charge in [0.15, 0.2) is 0 Å². The summed E-state index contributed by atoms with van der Waals surface area (Å²) in [6.07, 6.45) is 5.06. The third kappa shape index (κ3) is 3.14. The number of hydrogen-bond acceptors (Lipinski definition) is 4. The first-order chi connectivity index (χ1) is 8.15. The van der Waals surface area contributed by atoms with Crippen molar-refractivity contribution in [2.75, 3.05) is 12.4 Å². The van der Waals surface area contributed by atoms with E-state index in [0.717, 1.165) is 44.5 Å². The van der Waals surface area contributed by atoms with E-state index in [9.17, 15) is 4.79 Å². The van der Waals surface area contributed by atoms with Gasteiger partial charge in [0.25, 0.3) is 0 Å². The second-order valence-electron chi connectivity index (χ2n) is 4.90. The summed E-state index contributed by atoms with van der Waals surface area (Å²) in [7, 11) is 0. The topological polar surface area (TPSA) is 58.6 Å². The Morgan fingerprint density at radius 2 is 2.47 bits per heavy atom. The predicted molar refractivity (Wildman–Crippen MR) is 68.2 cm³/mol. The zero-order valence-electron chi connectivity index (χ0n) is 10.3. The number of ether oxygens (including phenoxy) is 1. The van der Waals surface area contributed by atoms with E-state index < -0.39 is 5.97 Å². The fraction of sp³-hybridized carbons (Fsp3) is 0.917. The van der Waals surface area contributed by atoms with Crippen LogP contribution in [0.3, 0.4) is 0 Å². The Kier molecular flexibility index (Phi) is 4.33. The molecular formula is C12H21NO3S. The summed E-state index contributed by atoms with van der Waals surface area (Å²) in [5, 5.41) is 12.5.